The number of sulfonamides is 1. The topological polar surface area (TPSA) is 85.5 Å². The van der Waals surface area contributed by atoms with Gasteiger partial charge in [-0.2, -0.15) is 4.31 Å². The van der Waals surface area contributed by atoms with Gasteiger partial charge in [-0.3, -0.25) is 4.98 Å². The minimum absolute atomic E-state index is 0.203. The van der Waals surface area contributed by atoms with E-state index in [1.165, 1.54) is 10.4 Å². The summed E-state index contributed by atoms with van der Waals surface area (Å²) in [7, 11) is -3.59. The van der Waals surface area contributed by atoms with Crippen LogP contribution in [0.15, 0.2) is 35.4 Å². The number of nitrogens with two attached hydrogens (primary N) is 1. The van der Waals surface area contributed by atoms with Gasteiger partial charge in [-0.1, -0.05) is 0 Å². The second kappa shape index (κ2) is 5.59. The number of nitrogens with zero attached hydrogens (tertiary/aromatic N) is 2. The number of fused-ring (bicyclic) bond motifs is 1. The van der Waals surface area contributed by atoms with E-state index in [0.717, 1.165) is 0 Å². The Hall–Kier alpha value is -1.70. The number of ether oxygens (including phenoxy) is 1. The minimum Gasteiger partial charge on any atom is -0.398 e. The molecule has 0 radical (unpaired) electrons. The molecule has 0 spiro atoms. The first-order chi connectivity index (χ1) is 10.1. The Morgan fingerprint density at radius 2 is 2.05 bits per heavy atom. The standard InChI is InChI=1S/C14H17N3O3S/c15-12-4-5-13(14-11(12)3-1-6-16-14)21(18,19)17-7-2-9-20-10-8-17/h1,3-6H,2,7-10,15H2. The molecular weight excluding hydrogens is 290 g/mol. The molecule has 0 amide bonds. The Balaban J connectivity index is 2.12. The molecule has 1 fully saturated rings. The van der Waals surface area contributed by atoms with Crippen molar-refractivity contribution >= 4 is 26.6 Å². The van der Waals surface area contributed by atoms with Crippen molar-refractivity contribution in [2.45, 2.75) is 11.3 Å². The van der Waals surface area contributed by atoms with E-state index in [1.807, 2.05) is 0 Å². The van der Waals surface area contributed by atoms with Crippen LogP contribution in [0.2, 0.25) is 0 Å². The van der Waals surface area contributed by atoms with Crippen LogP contribution in [0.1, 0.15) is 6.42 Å². The Kier molecular flexibility index (Phi) is 3.79. The molecule has 112 valence electrons. The quantitative estimate of drug-likeness (QED) is 0.843. The highest BCUT2D eigenvalue weighted by Gasteiger charge is 2.27. The molecule has 1 aromatic heterocycles. The highest BCUT2D eigenvalue weighted by atomic mass is 32.2. The molecule has 21 heavy (non-hydrogen) atoms. The lowest BCUT2D eigenvalue weighted by atomic mass is 10.2. The van der Waals surface area contributed by atoms with E-state index in [2.05, 4.69) is 4.98 Å². The highest BCUT2D eigenvalue weighted by molar-refractivity contribution is 7.89. The molecule has 0 saturated carbocycles. The number of aromatic nitrogens is 1. The smallest absolute Gasteiger partial charge is 0.245 e. The van der Waals surface area contributed by atoms with Crippen molar-refractivity contribution in [1.82, 2.24) is 9.29 Å². The van der Waals surface area contributed by atoms with Crippen molar-refractivity contribution in [3.05, 3.63) is 30.5 Å². The predicted octanol–water partition coefficient (Wildman–Crippen LogP) is 1.23. The summed E-state index contributed by atoms with van der Waals surface area (Å²) in [5.41, 5.74) is 6.85. The molecule has 1 saturated heterocycles. The SMILES string of the molecule is Nc1ccc(S(=O)(=O)N2CCCOCC2)c2ncccc12. The Morgan fingerprint density at radius 3 is 2.90 bits per heavy atom. The molecule has 0 atom stereocenters. The largest absolute Gasteiger partial charge is 0.398 e. The van der Waals surface area contributed by atoms with Crippen LogP contribution >= 0.6 is 0 Å². The average molecular weight is 307 g/mol. The predicted molar refractivity (Wildman–Crippen MR) is 80.4 cm³/mol. The second-order valence-electron chi connectivity index (χ2n) is 4.92. The number of benzene rings is 1. The summed E-state index contributed by atoms with van der Waals surface area (Å²) in [6, 6.07) is 6.67. The summed E-state index contributed by atoms with van der Waals surface area (Å²) >= 11 is 0. The van der Waals surface area contributed by atoms with Crippen LogP contribution in [0.5, 0.6) is 0 Å². The Bertz CT molecular complexity index is 753. The third kappa shape index (κ3) is 2.59. The summed E-state index contributed by atoms with van der Waals surface area (Å²) in [5.74, 6) is 0. The van der Waals surface area contributed by atoms with Crippen molar-refractivity contribution in [2.24, 2.45) is 0 Å². The first-order valence-corrected chi connectivity index (χ1v) is 8.26. The molecular formula is C14H17N3O3S. The third-order valence-corrected chi connectivity index (χ3v) is 5.50. The van der Waals surface area contributed by atoms with Crippen molar-refractivity contribution in [2.75, 3.05) is 32.0 Å². The summed E-state index contributed by atoms with van der Waals surface area (Å²) in [6.45, 7) is 1.83. The molecule has 2 heterocycles. The van der Waals surface area contributed by atoms with E-state index in [4.69, 9.17) is 10.5 Å². The van der Waals surface area contributed by atoms with Gasteiger partial charge in [0.15, 0.2) is 0 Å². The van der Waals surface area contributed by atoms with Crippen LogP contribution in [-0.2, 0) is 14.8 Å². The van der Waals surface area contributed by atoms with Crippen LogP contribution < -0.4 is 5.73 Å². The van der Waals surface area contributed by atoms with Gasteiger partial charge in [-0.25, -0.2) is 8.42 Å². The average Bonchev–Trinajstić information content (AvgIpc) is 2.77. The van der Waals surface area contributed by atoms with Crippen LogP contribution in [0.4, 0.5) is 5.69 Å². The molecule has 0 bridgehead atoms. The zero-order valence-corrected chi connectivity index (χ0v) is 12.3. The molecule has 7 heteroatoms. The third-order valence-electron chi connectivity index (χ3n) is 3.57. The minimum atomic E-state index is -3.59. The lowest BCUT2D eigenvalue weighted by Gasteiger charge is -2.20. The Morgan fingerprint density at radius 1 is 1.19 bits per heavy atom. The Labute approximate surface area is 123 Å². The number of rotatable bonds is 2. The molecule has 6 nitrogen and oxygen atoms in total. The van der Waals surface area contributed by atoms with E-state index in [9.17, 15) is 8.42 Å². The molecule has 0 unspecified atom stereocenters. The van der Waals surface area contributed by atoms with Crippen LogP contribution in [0.3, 0.4) is 0 Å². The number of hydrogen-bond acceptors (Lipinski definition) is 5. The van der Waals surface area contributed by atoms with Gasteiger partial charge < -0.3 is 10.5 Å². The summed E-state index contributed by atoms with van der Waals surface area (Å²) in [5, 5.41) is 0.657. The van der Waals surface area contributed by atoms with Gasteiger partial charge in [0.25, 0.3) is 0 Å². The van der Waals surface area contributed by atoms with Crippen molar-refractivity contribution in [3.63, 3.8) is 0 Å². The van der Waals surface area contributed by atoms with Gasteiger partial charge in [-0.15, -0.1) is 0 Å². The molecule has 1 aromatic carbocycles. The molecule has 1 aliphatic rings. The van der Waals surface area contributed by atoms with Gasteiger partial charge in [0.05, 0.1) is 12.1 Å². The number of pyridine rings is 1. The van der Waals surface area contributed by atoms with E-state index in [-0.39, 0.29) is 4.90 Å². The van der Waals surface area contributed by atoms with E-state index < -0.39 is 10.0 Å². The maximum atomic E-state index is 12.9. The van der Waals surface area contributed by atoms with Crippen LogP contribution in [0, 0.1) is 0 Å². The van der Waals surface area contributed by atoms with E-state index >= 15 is 0 Å². The lowest BCUT2D eigenvalue weighted by Crippen LogP contribution is -2.33. The van der Waals surface area contributed by atoms with Crippen molar-refractivity contribution < 1.29 is 13.2 Å². The van der Waals surface area contributed by atoms with E-state index in [1.54, 1.807) is 24.4 Å². The van der Waals surface area contributed by atoms with Crippen molar-refractivity contribution in [1.29, 1.82) is 0 Å². The fourth-order valence-corrected chi connectivity index (χ4v) is 4.09. The van der Waals surface area contributed by atoms with Crippen molar-refractivity contribution in [3.8, 4) is 0 Å². The molecule has 3 rings (SSSR count). The van der Waals surface area contributed by atoms with Gasteiger partial charge in [-0.05, 0) is 30.7 Å². The molecule has 2 N–H and O–H groups in total. The molecule has 1 aliphatic heterocycles. The van der Waals surface area contributed by atoms with Gasteiger partial charge in [0, 0.05) is 37.0 Å². The van der Waals surface area contributed by atoms with Crippen LogP contribution in [0.25, 0.3) is 10.9 Å². The maximum absolute atomic E-state index is 12.9. The normalized spacial score (nSPS) is 17.7. The van der Waals surface area contributed by atoms with Crippen LogP contribution in [-0.4, -0.2) is 44.0 Å². The van der Waals surface area contributed by atoms with Gasteiger partial charge in [0.1, 0.15) is 4.90 Å². The monoisotopic (exact) mass is 307 g/mol. The number of anilines is 1. The van der Waals surface area contributed by atoms with E-state index in [0.29, 0.717) is 49.3 Å². The maximum Gasteiger partial charge on any atom is 0.245 e. The number of hydrogen-bond donors (Lipinski definition) is 1. The first-order valence-electron chi connectivity index (χ1n) is 6.82. The zero-order valence-electron chi connectivity index (χ0n) is 11.5. The zero-order chi connectivity index (χ0) is 14.9. The molecule has 0 aliphatic carbocycles. The molecule has 2 aromatic rings. The lowest BCUT2D eigenvalue weighted by molar-refractivity contribution is 0.148. The summed E-state index contributed by atoms with van der Waals surface area (Å²) in [4.78, 5) is 4.41. The highest BCUT2D eigenvalue weighted by Crippen LogP contribution is 2.28. The van der Waals surface area contributed by atoms with Gasteiger partial charge in [0.2, 0.25) is 10.0 Å². The summed E-state index contributed by atoms with van der Waals surface area (Å²) in [6.07, 6.45) is 2.27. The fourth-order valence-electron chi connectivity index (χ4n) is 2.48. The second-order valence-corrected chi connectivity index (χ2v) is 6.83. The number of nitrogen functional groups attached to an aromatic ring is 1. The fraction of sp³-hybridized carbons (Fsp3) is 0.357. The van der Waals surface area contributed by atoms with Gasteiger partial charge >= 0.3 is 0 Å². The summed E-state index contributed by atoms with van der Waals surface area (Å²) < 4.78 is 32.5. The first kappa shape index (κ1) is 14.2.